The Kier molecular flexibility index (Phi) is 6.07. The fourth-order valence-electron chi connectivity index (χ4n) is 3.79. The van der Waals surface area contributed by atoms with E-state index >= 15 is 0 Å². The molecule has 0 aromatic heterocycles. The van der Waals surface area contributed by atoms with Crippen LogP contribution < -0.4 is 5.32 Å². The summed E-state index contributed by atoms with van der Waals surface area (Å²) in [4.78, 5) is 26.6. The quantitative estimate of drug-likeness (QED) is 0.845. The molecule has 4 atom stereocenters. The van der Waals surface area contributed by atoms with E-state index < -0.39 is 18.1 Å². The van der Waals surface area contributed by atoms with Crippen molar-refractivity contribution in [2.75, 3.05) is 19.5 Å². The second kappa shape index (κ2) is 7.85. The van der Waals surface area contributed by atoms with Gasteiger partial charge in [-0.15, -0.1) is 12.4 Å². The van der Waals surface area contributed by atoms with Crippen molar-refractivity contribution in [3.8, 4) is 0 Å². The summed E-state index contributed by atoms with van der Waals surface area (Å²) in [5.74, 6) is -0.731. The summed E-state index contributed by atoms with van der Waals surface area (Å²) in [6.45, 7) is 0. The maximum Gasteiger partial charge on any atom is 0.411 e. The fourth-order valence-corrected chi connectivity index (χ4v) is 3.79. The third kappa shape index (κ3) is 3.65. The highest BCUT2D eigenvalue weighted by Crippen LogP contribution is 2.40. The lowest BCUT2D eigenvalue weighted by atomic mass is 9.87. The number of amides is 1. The number of halogens is 1. The molecule has 0 radical (unpaired) electrons. The molecule has 2 bridgehead atoms. The van der Waals surface area contributed by atoms with Crippen LogP contribution in [0, 0.1) is 5.92 Å². The molecular weight excluding hydrogens is 332 g/mol. The second-order valence-electron chi connectivity index (χ2n) is 6.18. The van der Waals surface area contributed by atoms with E-state index in [2.05, 4.69) is 10.2 Å². The Morgan fingerprint density at radius 1 is 1.21 bits per heavy atom. The van der Waals surface area contributed by atoms with E-state index in [9.17, 15) is 9.59 Å². The number of fused-ring (bicyclic) bond motifs is 2. The number of rotatable bonds is 3. The number of nitrogens with one attached hydrogen (secondary N) is 1. The van der Waals surface area contributed by atoms with Crippen molar-refractivity contribution >= 4 is 30.2 Å². The number of carbonyl (C=O) groups is 2. The van der Waals surface area contributed by atoms with Crippen LogP contribution in [-0.2, 0) is 14.3 Å². The van der Waals surface area contributed by atoms with Gasteiger partial charge in [0.25, 0.3) is 0 Å². The topological polar surface area (TPSA) is 67.9 Å². The standard InChI is InChI=1S/C17H22N2O4.ClH/c1-19-12-8-9-13(19)15(16(20)22-2)14(10-12)23-17(21)18-11-6-4-3-5-7-11;/h3-7,12-15H,8-10H2,1-2H3,(H,18,21);1H/t12-,13+,14+,15+;/m1./s1. The van der Waals surface area contributed by atoms with Gasteiger partial charge < -0.3 is 9.47 Å². The van der Waals surface area contributed by atoms with Crippen LogP contribution in [0.1, 0.15) is 19.3 Å². The average Bonchev–Trinajstić information content (AvgIpc) is 2.79. The van der Waals surface area contributed by atoms with Gasteiger partial charge >= 0.3 is 12.1 Å². The zero-order valence-electron chi connectivity index (χ0n) is 13.8. The van der Waals surface area contributed by atoms with Crippen molar-refractivity contribution in [1.82, 2.24) is 4.90 Å². The lowest BCUT2D eigenvalue weighted by Crippen LogP contribution is -2.53. The Balaban J connectivity index is 0.00000208. The van der Waals surface area contributed by atoms with Crippen LogP contribution in [0.25, 0.3) is 0 Å². The Bertz CT molecular complexity index is 583. The Morgan fingerprint density at radius 2 is 1.92 bits per heavy atom. The number of methoxy groups -OCH3 is 1. The summed E-state index contributed by atoms with van der Waals surface area (Å²) in [5.41, 5.74) is 0.669. The first-order valence-electron chi connectivity index (χ1n) is 7.92. The SMILES string of the molecule is COC(=O)[C@@H]1[C@@H](OC(=O)Nc2ccccc2)C[C@H]2CC[C@@H]1N2C.Cl. The largest absolute Gasteiger partial charge is 0.469 e. The molecule has 0 spiro atoms. The fraction of sp³-hybridized carbons (Fsp3) is 0.529. The molecule has 0 unspecified atom stereocenters. The monoisotopic (exact) mass is 354 g/mol. The molecule has 3 rings (SSSR count). The number of para-hydroxylation sites is 1. The van der Waals surface area contributed by atoms with Crippen molar-refractivity contribution in [2.45, 2.75) is 37.5 Å². The van der Waals surface area contributed by atoms with Crippen LogP contribution in [-0.4, -0.2) is 49.3 Å². The predicted molar refractivity (Wildman–Crippen MR) is 92.3 cm³/mol. The highest BCUT2D eigenvalue weighted by molar-refractivity contribution is 5.85. The molecule has 2 aliphatic heterocycles. The summed E-state index contributed by atoms with van der Waals surface area (Å²) < 4.78 is 10.5. The van der Waals surface area contributed by atoms with Gasteiger partial charge in [-0.25, -0.2) is 4.79 Å². The number of nitrogens with zero attached hydrogens (tertiary/aromatic N) is 1. The van der Waals surface area contributed by atoms with Gasteiger partial charge in [-0.05, 0) is 32.0 Å². The average molecular weight is 355 g/mol. The number of hydrogen-bond donors (Lipinski definition) is 1. The molecule has 7 heteroatoms. The molecule has 2 heterocycles. The number of ether oxygens (including phenoxy) is 2. The third-order valence-corrected chi connectivity index (χ3v) is 4.97. The lowest BCUT2D eigenvalue weighted by molar-refractivity contribution is -0.155. The second-order valence-corrected chi connectivity index (χ2v) is 6.18. The molecule has 24 heavy (non-hydrogen) atoms. The van der Waals surface area contributed by atoms with Gasteiger partial charge in [0.15, 0.2) is 0 Å². The van der Waals surface area contributed by atoms with Crippen LogP contribution in [0.15, 0.2) is 30.3 Å². The summed E-state index contributed by atoms with van der Waals surface area (Å²) in [5, 5.41) is 2.70. The minimum Gasteiger partial charge on any atom is -0.469 e. The van der Waals surface area contributed by atoms with E-state index in [1.165, 1.54) is 7.11 Å². The molecule has 6 nitrogen and oxygen atoms in total. The molecule has 1 N–H and O–H groups in total. The van der Waals surface area contributed by atoms with Gasteiger partial charge in [0.05, 0.1) is 7.11 Å². The van der Waals surface area contributed by atoms with Crippen LogP contribution >= 0.6 is 12.4 Å². The molecule has 1 amide bonds. The first kappa shape index (κ1) is 18.5. The zero-order valence-corrected chi connectivity index (χ0v) is 14.6. The van der Waals surface area contributed by atoms with Crippen molar-refractivity contribution in [3.05, 3.63) is 30.3 Å². The van der Waals surface area contributed by atoms with Crippen molar-refractivity contribution in [2.24, 2.45) is 5.92 Å². The molecular formula is C17H23ClN2O4. The zero-order chi connectivity index (χ0) is 16.4. The molecule has 1 aromatic carbocycles. The molecule has 132 valence electrons. The number of piperidine rings is 1. The van der Waals surface area contributed by atoms with Gasteiger partial charge in [0.2, 0.25) is 0 Å². The van der Waals surface area contributed by atoms with Crippen LogP contribution in [0.2, 0.25) is 0 Å². The van der Waals surface area contributed by atoms with Crippen molar-refractivity contribution in [3.63, 3.8) is 0 Å². The van der Waals surface area contributed by atoms with E-state index in [4.69, 9.17) is 9.47 Å². The highest BCUT2D eigenvalue weighted by atomic mass is 35.5. The van der Waals surface area contributed by atoms with Gasteiger partial charge in [0.1, 0.15) is 12.0 Å². The van der Waals surface area contributed by atoms with E-state index in [1.807, 2.05) is 25.2 Å². The van der Waals surface area contributed by atoms with Crippen LogP contribution in [0.3, 0.4) is 0 Å². The molecule has 1 aromatic rings. The maximum absolute atomic E-state index is 12.2. The molecule has 2 fully saturated rings. The van der Waals surface area contributed by atoms with E-state index in [0.717, 1.165) is 12.8 Å². The highest BCUT2D eigenvalue weighted by Gasteiger charge is 2.50. The van der Waals surface area contributed by atoms with Crippen molar-refractivity contribution in [1.29, 1.82) is 0 Å². The molecule has 2 aliphatic rings. The Hall–Kier alpha value is -1.79. The normalized spacial score (nSPS) is 28.6. The Labute approximate surface area is 147 Å². The number of benzene rings is 1. The number of carbonyl (C=O) groups excluding carboxylic acids is 2. The van der Waals surface area contributed by atoms with E-state index in [0.29, 0.717) is 18.2 Å². The molecule has 2 saturated heterocycles. The Morgan fingerprint density at radius 3 is 2.58 bits per heavy atom. The van der Waals surface area contributed by atoms with E-state index in [-0.39, 0.29) is 24.4 Å². The minimum atomic E-state index is -0.529. The van der Waals surface area contributed by atoms with Crippen LogP contribution in [0.4, 0.5) is 10.5 Å². The van der Waals surface area contributed by atoms with Crippen LogP contribution in [0.5, 0.6) is 0 Å². The number of anilines is 1. The summed E-state index contributed by atoms with van der Waals surface area (Å²) in [7, 11) is 3.41. The van der Waals surface area contributed by atoms with Gasteiger partial charge in [-0.1, -0.05) is 18.2 Å². The first-order chi connectivity index (χ1) is 11.1. The number of esters is 1. The predicted octanol–water partition coefficient (Wildman–Crippen LogP) is 2.68. The van der Waals surface area contributed by atoms with Gasteiger partial charge in [-0.2, -0.15) is 0 Å². The maximum atomic E-state index is 12.2. The summed E-state index contributed by atoms with van der Waals surface area (Å²) >= 11 is 0. The smallest absolute Gasteiger partial charge is 0.411 e. The first-order valence-corrected chi connectivity index (χ1v) is 7.92. The third-order valence-electron chi connectivity index (χ3n) is 4.97. The lowest BCUT2D eigenvalue weighted by Gasteiger charge is -2.40. The molecule has 0 aliphatic carbocycles. The summed E-state index contributed by atoms with van der Waals surface area (Å²) in [6, 6.07) is 9.56. The van der Waals surface area contributed by atoms with Crippen molar-refractivity contribution < 1.29 is 19.1 Å². The molecule has 0 saturated carbocycles. The van der Waals surface area contributed by atoms with Gasteiger partial charge in [-0.3, -0.25) is 15.0 Å². The van der Waals surface area contributed by atoms with E-state index in [1.54, 1.807) is 12.1 Å². The van der Waals surface area contributed by atoms with Gasteiger partial charge in [0, 0.05) is 24.2 Å². The number of hydrogen-bond acceptors (Lipinski definition) is 5. The minimum absolute atomic E-state index is 0. The summed E-state index contributed by atoms with van der Waals surface area (Å²) in [6.07, 6.45) is 1.64.